The third-order valence-corrected chi connectivity index (χ3v) is 7.90. The molecule has 0 spiro atoms. The van der Waals surface area contributed by atoms with Gasteiger partial charge >= 0.3 is 0 Å². The number of nitrogens with one attached hydrogen (secondary N) is 1. The van der Waals surface area contributed by atoms with Crippen LogP contribution in [0.1, 0.15) is 30.6 Å². The van der Waals surface area contributed by atoms with E-state index in [1.54, 1.807) is 28.8 Å². The van der Waals surface area contributed by atoms with Gasteiger partial charge in [0.15, 0.2) is 0 Å². The Balaban J connectivity index is 1.31. The second kappa shape index (κ2) is 9.15. The molecule has 5 rings (SSSR count). The fourth-order valence-electron chi connectivity index (χ4n) is 4.14. The van der Waals surface area contributed by atoms with E-state index in [0.717, 1.165) is 28.5 Å². The number of benzene rings is 2. The molecule has 3 aromatic rings. The van der Waals surface area contributed by atoms with Gasteiger partial charge in [0.25, 0.3) is 11.8 Å². The zero-order valence-electron chi connectivity index (χ0n) is 18.0. The number of hydrogen-bond acceptors (Lipinski definition) is 6. The highest BCUT2D eigenvalue weighted by atomic mass is 32.2. The van der Waals surface area contributed by atoms with Gasteiger partial charge in [-0.25, -0.2) is 9.37 Å². The van der Waals surface area contributed by atoms with E-state index in [2.05, 4.69) is 10.3 Å². The first kappa shape index (κ1) is 21.9. The number of nitrogens with zero attached hydrogens (tertiary/aromatic N) is 2. The lowest BCUT2D eigenvalue weighted by Gasteiger charge is -2.24. The standard InChI is InChI=1S/C24H22FN3O3S2/c1-14-27-21(15-5-7-16(25)8-6-15)22(33-14)24(30)28-10-12-32-20(28)13-26-23(29)18-3-2-4-19-17(18)9-11-31-19/h2-8,20H,9-13H2,1H3,(H,26,29). The lowest BCUT2D eigenvalue weighted by Crippen LogP contribution is -2.42. The maximum absolute atomic E-state index is 13.5. The number of aromatic nitrogens is 1. The molecule has 6 nitrogen and oxygen atoms in total. The van der Waals surface area contributed by atoms with Gasteiger partial charge in [-0.1, -0.05) is 6.07 Å². The van der Waals surface area contributed by atoms with Crippen molar-refractivity contribution < 1.29 is 18.7 Å². The maximum Gasteiger partial charge on any atom is 0.267 e. The monoisotopic (exact) mass is 483 g/mol. The first-order valence-electron chi connectivity index (χ1n) is 10.7. The summed E-state index contributed by atoms with van der Waals surface area (Å²) in [6, 6.07) is 11.5. The number of hydrogen-bond donors (Lipinski definition) is 1. The van der Waals surface area contributed by atoms with Crippen LogP contribution in [0, 0.1) is 12.7 Å². The minimum absolute atomic E-state index is 0.113. The van der Waals surface area contributed by atoms with Crippen LogP contribution in [0.5, 0.6) is 5.75 Å². The van der Waals surface area contributed by atoms with Crippen molar-refractivity contribution in [3.8, 4) is 17.0 Å². The van der Waals surface area contributed by atoms with E-state index in [9.17, 15) is 14.0 Å². The Hall–Kier alpha value is -2.91. The number of rotatable bonds is 5. The van der Waals surface area contributed by atoms with Crippen LogP contribution in [0.15, 0.2) is 42.5 Å². The van der Waals surface area contributed by atoms with Gasteiger partial charge in [-0.05, 0) is 43.3 Å². The average Bonchev–Trinajstić information content (AvgIpc) is 3.56. The number of halogens is 1. The number of thiazole rings is 1. The molecule has 2 aliphatic rings. The smallest absolute Gasteiger partial charge is 0.267 e. The van der Waals surface area contributed by atoms with Crippen molar-refractivity contribution in [2.75, 3.05) is 25.4 Å². The van der Waals surface area contributed by atoms with E-state index in [-0.39, 0.29) is 23.0 Å². The summed E-state index contributed by atoms with van der Waals surface area (Å²) in [7, 11) is 0. The molecule has 1 saturated heterocycles. The van der Waals surface area contributed by atoms with Crippen LogP contribution in [-0.4, -0.2) is 52.5 Å². The Labute approximate surface area is 199 Å². The molecule has 1 N–H and O–H groups in total. The Morgan fingerprint density at radius 3 is 2.88 bits per heavy atom. The van der Waals surface area contributed by atoms with Crippen molar-refractivity contribution in [3.63, 3.8) is 0 Å². The van der Waals surface area contributed by atoms with Crippen molar-refractivity contribution >= 4 is 34.9 Å². The number of aryl methyl sites for hydroxylation is 1. The van der Waals surface area contributed by atoms with Crippen LogP contribution in [-0.2, 0) is 6.42 Å². The van der Waals surface area contributed by atoms with Gasteiger partial charge in [-0.3, -0.25) is 9.59 Å². The Bertz CT molecular complexity index is 1210. The van der Waals surface area contributed by atoms with Gasteiger partial charge in [0, 0.05) is 42.0 Å². The van der Waals surface area contributed by atoms with Gasteiger partial charge in [-0.15, -0.1) is 23.1 Å². The van der Waals surface area contributed by atoms with Gasteiger partial charge in [-0.2, -0.15) is 0 Å². The van der Waals surface area contributed by atoms with Crippen LogP contribution in [0.4, 0.5) is 4.39 Å². The zero-order chi connectivity index (χ0) is 22.9. The van der Waals surface area contributed by atoms with Crippen molar-refractivity contribution in [2.24, 2.45) is 0 Å². The molecule has 2 amide bonds. The van der Waals surface area contributed by atoms with E-state index in [0.29, 0.717) is 41.4 Å². The van der Waals surface area contributed by atoms with Gasteiger partial charge in [0.2, 0.25) is 0 Å². The van der Waals surface area contributed by atoms with Crippen LogP contribution >= 0.6 is 23.1 Å². The Kier molecular flexibility index (Phi) is 6.07. The summed E-state index contributed by atoms with van der Waals surface area (Å²) >= 11 is 2.99. The van der Waals surface area contributed by atoms with E-state index in [1.807, 2.05) is 25.1 Å². The number of carbonyl (C=O) groups excluding carboxylic acids is 2. The number of carbonyl (C=O) groups is 2. The molecule has 1 atom stereocenters. The number of ether oxygens (including phenoxy) is 1. The van der Waals surface area contributed by atoms with E-state index in [1.165, 1.54) is 23.5 Å². The first-order chi connectivity index (χ1) is 16.0. The molecule has 170 valence electrons. The van der Waals surface area contributed by atoms with Gasteiger partial charge in [0.1, 0.15) is 16.4 Å². The maximum atomic E-state index is 13.5. The second-order valence-corrected chi connectivity index (χ2v) is 10.3. The minimum Gasteiger partial charge on any atom is -0.493 e. The van der Waals surface area contributed by atoms with Gasteiger partial charge < -0.3 is 15.0 Å². The van der Waals surface area contributed by atoms with Crippen molar-refractivity contribution in [2.45, 2.75) is 18.7 Å². The molecule has 33 heavy (non-hydrogen) atoms. The number of amides is 2. The first-order valence-corrected chi connectivity index (χ1v) is 12.6. The fraction of sp³-hybridized carbons (Fsp3) is 0.292. The summed E-state index contributed by atoms with van der Waals surface area (Å²) in [5.41, 5.74) is 2.84. The molecule has 1 unspecified atom stereocenters. The molecular weight excluding hydrogens is 461 g/mol. The van der Waals surface area contributed by atoms with Crippen LogP contribution in [0.25, 0.3) is 11.3 Å². The predicted octanol–water partition coefficient (Wildman–Crippen LogP) is 4.14. The molecule has 9 heteroatoms. The van der Waals surface area contributed by atoms with Gasteiger partial charge in [0.05, 0.1) is 22.7 Å². The van der Waals surface area contributed by atoms with Crippen LogP contribution in [0.3, 0.4) is 0 Å². The highest BCUT2D eigenvalue weighted by Gasteiger charge is 2.33. The number of fused-ring (bicyclic) bond motifs is 1. The summed E-state index contributed by atoms with van der Waals surface area (Å²) < 4.78 is 18.9. The minimum atomic E-state index is -0.332. The average molecular weight is 484 g/mol. The highest BCUT2D eigenvalue weighted by molar-refractivity contribution is 8.00. The van der Waals surface area contributed by atoms with Crippen LogP contribution < -0.4 is 10.1 Å². The normalized spacial score (nSPS) is 17.0. The second-order valence-electron chi connectivity index (χ2n) is 7.83. The molecule has 0 aliphatic carbocycles. The topological polar surface area (TPSA) is 71.5 Å². The van der Waals surface area contributed by atoms with E-state index < -0.39 is 0 Å². The van der Waals surface area contributed by atoms with E-state index >= 15 is 0 Å². The zero-order valence-corrected chi connectivity index (χ0v) is 19.6. The van der Waals surface area contributed by atoms with Crippen molar-refractivity contribution in [1.82, 2.24) is 15.2 Å². The third kappa shape index (κ3) is 4.35. The summed E-state index contributed by atoms with van der Waals surface area (Å²) in [5, 5.41) is 3.61. The van der Waals surface area contributed by atoms with Crippen molar-refractivity contribution in [1.29, 1.82) is 0 Å². The summed E-state index contributed by atoms with van der Waals surface area (Å²) in [5.74, 6) is 0.963. The Morgan fingerprint density at radius 1 is 1.24 bits per heavy atom. The van der Waals surface area contributed by atoms with E-state index in [4.69, 9.17) is 4.74 Å². The fourth-order valence-corrected chi connectivity index (χ4v) is 6.19. The molecule has 0 radical (unpaired) electrons. The lowest BCUT2D eigenvalue weighted by atomic mass is 10.0. The summed E-state index contributed by atoms with van der Waals surface area (Å²) in [6.45, 7) is 3.39. The molecule has 1 aromatic heterocycles. The van der Waals surface area contributed by atoms with Crippen LogP contribution in [0.2, 0.25) is 0 Å². The summed E-state index contributed by atoms with van der Waals surface area (Å²) in [4.78, 5) is 33.2. The SMILES string of the molecule is Cc1nc(-c2ccc(F)cc2)c(C(=O)N2CCSC2CNC(=O)c2cccc3c2CCO3)s1. The quantitative estimate of drug-likeness (QED) is 0.591. The molecule has 0 saturated carbocycles. The molecule has 0 bridgehead atoms. The van der Waals surface area contributed by atoms with Crippen molar-refractivity contribution in [3.05, 3.63) is 69.3 Å². The lowest BCUT2D eigenvalue weighted by molar-refractivity contribution is 0.0756. The molecule has 2 aliphatic heterocycles. The predicted molar refractivity (Wildman–Crippen MR) is 128 cm³/mol. The molecule has 2 aromatic carbocycles. The molecule has 3 heterocycles. The highest BCUT2D eigenvalue weighted by Crippen LogP contribution is 2.33. The summed E-state index contributed by atoms with van der Waals surface area (Å²) in [6.07, 6.45) is 0.721. The molecule has 1 fully saturated rings. The number of thioether (sulfide) groups is 1. The third-order valence-electron chi connectivity index (χ3n) is 5.72. The Morgan fingerprint density at radius 2 is 2.06 bits per heavy atom. The largest absolute Gasteiger partial charge is 0.493 e. The molecular formula is C24H22FN3O3S2.